The van der Waals surface area contributed by atoms with Crippen molar-refractivity contribution in [2.45, 2.75) is 116 Å². The Morgan fingerprint density at radius 2 is 1.50 bits per heavy atom. The molecule has 0 aliphatic carbocycles. The molecule has 0 aromatic carbocycles. The maximum absolute atomic E-state index is 12.7. The highest BCUT2D eigenvalue weighted by Crippen LogP contribution is 2.40. The molecule has 1 aliphatic heterocycles. The molecule has 1 saturated heterocycles. The van der Waals surface area contributed by atoms with Crippen molar-refractivity contribution in [3.63, 3.8) is 0 Å². The Kier molecular flexibility index (Phi) is 11.2. The second kappa shape index (κ2) is 12.6. The van der Waals surface area contributed by atoms with Gasteiger partial charge in [-0.3, -0.25) is 0 Å². The molecule has 1 fully saturated rings. The number of hydrogen-bond acceptors (Lipinski definition) is 3. The zero-order valence-corrected chi connectivity index (χ0v) is 17.2. The molecule has 0 aromatic rings. The summed E-state index contributed by atoms with van der Waals surface area (Å²) in [5.41, 5.74) is 7.23. The summed E-state index contributed by atoms with van der Waals surface area (Å²) < 4.78 is 6.00. The molecule has 0 N–H and O–H groups in total. The highest BCUT2D eigenvalue weighted by molar-refractivity contribution is 4.93. The molecule has 0 spiro atoms. The molecule has 26 heavy (non-hydrogen) atoms. The first kappa shape index (κ1) is 23.2. The first-order valence-corrected chi connectivity index (χ1v) is 10.6. The van der Waals surface area contributed by atoms with Gasteiger partial charge in [-0.15, -0.1) is 10.3 Å². The van der Waals surface area contributed by atoms with Crippen LogP contribution >= 0.6 is 0 Å². The van der Waals surface area contributed by atoms with Gasteiger partial charge in [0.15, 0.2) is 0 Å². The molecule has 0 aromatic heterocycles. The lowest BCUT2D eigenvalue weighted by molar-refractivity contribution is -0.295. The number of hydrogen-bond donors (Lipinski definition) is 0. The smallest absolute Gasteiger partial charge is 0.147 e. The van der Waals surface area contributed by atoms with E-state index in [9.17, 15) is 5.21 Å². The molecule has 6 heteroatoms. The minimum atomic E-state index is -0.576. The minimum absolute atomic E-state index is 0.393. The van der Waals surface area contributed by atoms with Crippen molar-refractivity contribution in [1.29, 1.82) is 0 Å². The molecule has 1 radical (unpaired) electrons. The lowest BCUT2D eigenvalue weighted by Crippen LogP contribution is -2.49. The molecule has 1 rings (SSSR count). The molecule has 6 nitrogen and oxygen atoms in total. The number of azide groups is 1. The fourth-order valence-electron chi connectivity index (χ4n) is 3.89. The molecule has 0 bridgehead atoms. The van der Waals surface area contributed by atoms with E-state index in [0.717, 1.165) is 32.1 Å². The van der Waals surface area contributed by atoms with Crippen molar-refractivity contribution in [2.75, 3.05) is 13.2 Å². The van der Waals surface area contributed by atoms with Crippen LogP contribution in [0.15, 0.2) is 5.11 Å². The van der Waals surface area contributed by atoms with Crippen LogP contribution in [0.25, 0.3) is 10.4 Å². The van der Waals surface area contributed by atoms with E-state index in [4.69, 9.17) is 10.3 Å². The van der Waals surface area contributed by atoms with Gasteiger partial charge in [-0.1, -0.05) is 69.8 Å². The molecule has 1 aliphatic rings. The van der Waals surface area contributed by atoms with E-state index in [-0.39, 0.29) is 0 Å². The number of nitrogens with zero attached hydrogens (tertiary/aromatic N) is 4. The van der Waals surface area contributed by atoms with Crippen LogP contribution in [0, 0.1) is 0 Å². The lowest BCUT2D eigenvalue weighted by atomic mass is 9.96. The van der Waals surface area contributed by atoms with Crippen LogP contribution in [0.4, 0.5) is 0 Å². The summed E-state index contributed by atoms with van der Waals surface area (Å²) in [5, 5.41) is 17.5. The van der Waals surface area contributed by atoms with Gasteiger partial charge < -0.3 is 4.74 Å². The Bertz CT molecular complexity index is 424. The summed E-state index contributed by atoms with van der Waals surface area (Å²) in [7, 11) is 0. The number of ether oxygens (including phenoxy) is 1. The van der Waals surface area contributed by atoms with Gasteiger partial charge in [0, 0.05) is 11.5 Å². The topological polar surface area (TPSA) is 81.1 Å². The number of hydroxylamine groups is 2. The fraction of sp³-hybridized carbons (Fsp3) is 1.00. The van der Waals surface area contributed by atoms with Gasteiger partial charge in [0.1, 0.15) is 5.72 Å². The molecule has 0 amide bonds. The van der Waals surface area contributed by atoms with Crippen LogP contribution in [-0.4, -0.2) is 29.5 Å². The maximum atomic E-state index is 12.7. The van der Waals surface area contributed by atoms with Crippen LogP contribution < -0.4 is 0 Å². The van der Waals surface area contributed by atoms with Crippen LogP contribution in [0.2, 0.25) is 0 Å². The second-order valence-electron chi connectivity index (χ2n) is 8.33. The summed E-state index contributed by atoms with van der Waals surface area (Å²) in [6, 6.07) is 0. The van der Waals surface area contributed by atoms with Crippen molar-refractivity contribution in [1.82, 2.24) is 5.06 Å². The van der Waals surface area contributed by atoms with E-state index >= 15 is 0 Å². The highest BCUT2D eigenvalue weighted by Gasteiger charge is 2.51. The molecule has 1 atom stereocenters. The van der Waals surface area contributed by atoms with Crippen LogP contribution in [0.1, 0.15) is 104 Å². The maximum Gasteiger partial charge on any atom is 0.147 e. The largest absolute Gasteiger partial charge is 0.356 e. The van der Waals surface area contributed by atoms with Crippen LogP contribution in [-0.2, 0) is 9.94 Å². The molecule has 0 saturated carbocycles. The Labute approximate surface area is 159 Å². The van der Waals surface area contributed by atoms with E-state index in [1.165, 1.54) is 56.4 Å². The van der Waals surface area contributed by atoms with Crippen molar-refractivity contribution in [3.8, 4) is 0 Å². The van der Waals surface area contributed by atoms with E-state index < -0.39 is 11.3 Å². The Hall–Kier alpha value is -0.810. The zero-order valence-electron chi connectivity index (χ0n) is 17.2. The Morgan fingerprint density at radius 3 is 1.96 bits per heavy atom. The first-order valence-electron chi connectivity index (χ1n) is 10.6. The van der Waals surface area contributed by atoms with E-state index in [1.807, 2.05) is 13.8 Å². The molecular weight excluding hydrogens is 328 g/mol. The first-order chi connectivity index (χ1) is 12.5. The molecular formula is C20H39N4O2. The van der Waals surface area contributed by atoms with Crippen molar-refractivity contribution in [2.24, 2.45) is 5.11 Å². The standard InChI is InChI=1S/C20H39N4O2/c1-4-15-20(24(25)19(2,3)18-26-20)16-13-11-9-7-5-6-8-10-12-14-17-22-23-21/h4-18H2,1-3H3. The summed E-state index contributed by atoms with van der Waals surface area (Å²) >= 11 is 0. The van der Waals surface area contributed by atoms with Gasteiger partial charge >= 0.3 is 0 Å². The number of unbranched alkanes of at least 4 members (excludes halogenated alkanes) is 9. The normalized spacial score (nSPS) is 22.5. The number of rotatable bonds is 15. The summed E-state index contributed by atoms with van der Waals surface area (Å²) in [6.45, 7) is 7.26. The molecule has 151 valence electrons. The fourth-order valence-corrected chi connectivity index (χ4v) is 3.89. The Morgan fingerprint density at radius 1 is 0.962 bits per heavy atom. The molecule has 1 heterocycles. The third kappa shape index (κ3) is 7.83. The summed E-state index contributed by atoms with van der Waals surface area (Å²) in [4.78, 5) is 2.77. The van der Waals surface area contributed by atoms with Crippen LogP contribution in [0.3, 0.4) is 0 Å². The highest BCUT2D eigenvalue weighted by atomic mass is 16.6. The van der Waals surface area contributed by atoms with Crippen LogP contribution in [0.5, 0.6) is 0 Å². The average Bonchev–Trinajstić information content (AvgIpc) is 2.84. The monoisotopic (exact) mass is 367 g/mol. The van der Waals surface area contributed by atoms with Gasteiger partial charge in [-0.05, 0) is 45.1 Å². The van der Waals surface area contributed by atoms with Crippen molar-refractivity contribution in [3.05, 3.63) is 10.4 Å². The van der Waals surface area contributed by atoms with E-state index in [0.29, 0.717) is 13.2 Å². The summed E-state index contributed by atoms with van der Waals surface area (Å²) in [6.07, 6.45) is 14.8. The van der Waals surface area contributed by atoms with Gasteiger partial charge in [0.2, 0.25) is 0 Å². The third-order valence-electron chi connectivity index (χ3n) is 5.39. The second-order valence-corrected chi connectivity index (χ2v) is 8.33. The summed E-state index contributed by atoms with van der Waals surface area (Å²) in [5.74, 6) is 0. The predicted octanol–water partition coefficient (Wildman–Crippen LogP) is 6.54. The van der Waals surface area contributed by atoms with E-state index in [1.54, 1.807) is 0 Å². The van der Waals surface area contributed by atoms with E-state index in [2.05, 4.69) is 16.9 Å². The van der Waals surface area contributed by atoms with Crippen molar-refractivity contribution < 1.29 is 9.94 Å². The predicted molar refractivity (Wildman–Crippen MR) is 105 cm³/mol. The Balaban J connectivity index is 2.05. The van der Waals surface area contributed by atoms with Gasteiger partial charge in [0.05, 0.1) is 12.1 Å². The zero-order chi connectivity index (χ0) is 19.3. The lowest BCUT2D eigenvalue weighted by Gasteiger charge is -2.35. The SMILES string of the molecule is CCCC1(CCCCCCCCCCCCN=[N+]=[N-])OCC(C)(C)N1[O]. The van der Waals surface area contributed by atoms with Gasteiger partial charge in [-0.25, -0.2) is 0 Å². The minimum Gasteiger partial charge on any atom is -0.356 e. The van der Waals surface area contributed by atoms with Crippen molar-refractivity contribution >= 4 is 0 Å². The van der Waals surface area contributed by atoms with Gasteiger partial charge in [0.25, 0.3) is 0 Å². The quantitative estimate of drug-likeness (QED) is 0.142. The average molecular weight is 368 g/mol. The molecule has 1 unspecified atom stereocenters. The third-order valence-corrected chi connectivity index (χ3v) is 5.39. The van der Waals surface area contributed by atoms with Gasteiger partial charge in [-0.2, -0.15) is 0 Å².